The molecule has 2 aromatic carbocycles. The first kappa shape index (κ1) is 22.0. The van der Waals surface area contributed by atoms with Crippen LogP contribution in [0.25, 0.3) is 0 Å². The third-order valence-electron chi connectivity index (χ3n) is 4.57. The van der Waals surface area contributed by atoms with Gasteiger partial charge in [-0.1, -0.05) is 30.7 Å². The standard InChI is InChI=1S/C20H25ClN2O4S/c1-6-17(20(24)22-16-9-7-8-13(2)14(16)3)23(28(5,25)26)18-12-15(21)10-11-19(18)27-4/h7-12,17H,6H2,1-5H3,(H,22,24)/t17-/m1/s1. The lowest BCUT2D eigenvalue weighted by Crippen LogP contribution is -2.47. The van der Waals surface area contributed by atoms with Gasteiger partial charge in [0.2, 0.25) is 15.9 Å². The van der Waals surface area contributed by atoms with Gasteiger partial charge in [-0.05, 0) is 55.7 Å². The van der Waals surface area contributed by atoms with E-state index in [2.05, 4.69) is 5.32 Å². The molecular formula is C20H25ClN2O4S. The van der Waals surface area contributed by atoms with Crippen LogP contribution in [0.5, 0.6) is 5.75 Å². The number of sulfonamides is 1. The molecule has 0 aromatic heterocycles. The van der Waals surface area contributed by atoms with Gasteiger partial charge in [0.25, 0.3) is 0 Å². The van der Waals surface area contributed by atoms with Crippen LogP contribution >= 0.6 is 11.6 Å². The van der Waals surface area contributed by atoms with Crippen LogP contribution in [-0.4, -0.2) is 33.7 Å². The minimum Gasteiger partial charge on any atom is -0.495 e. The van der Waals surface area contributed by atoms with Crippen molar-refractivity contribution in [3.8, 4) is 5.75 Å². The van der Waals surface area contributed by atoms with E-state index >= 15 is 0 Å². The molecule has 2 aromatic rings. The molecule has 1 N–H and O–H groups in total. The fraction of sp³-hybridized carbons (Fsp3) is 0.350. The van der Waals surface area contributed by atoms with Crippen LogP contribution in [0.4, 0.5) is 11.4 Å². The molecular weight excluding hydrogens is 400 g/mol. The van der Waals surface area contributed by atoms with Crippen molar-refractivity contribution in [3.63, 3.8) is 0 Å². The van der Waals surface area contributed by atoms with Crippen molar-refractivity contribution in [1.29, 1.82) is 0 Å². The highest BCUT2D eigenvalue weighted by Crippen LogP contribution is 2.35. The predicted molar refractivity (Wildman–Crippen MR) is 114 cm³/mol. The van der Waals surface area contributed by atoms with E-state index in [1.165, 1.54) is 13.2 Å². The second kappa shape index (κ2) is 8.84. The molecule has 1 atom stereocenters. The van der Waals surface area contributed by atoms with Crippen LogP contribution in [0.15, 0.2) is 36.4 Å². The third-order valence-corrected chi connectivity index (χ3v) is 5.97. The van der Waals surface area contributed by atoms with Crippen LogP contribution in [0.3, 0.4) is 0 Å². The van der Waals surface area contributed by atoms with Crippen molar-refractivity contribution in [2.24, 2.45) is 0 Å². The number of anilines is 2. The molecule has 6 nitrogen and oxygen atoms in total. The minimum absolute atomic E-state index is 0.223. The number of carbonyl (C=O) groups is 1. The highest BCUT2D eigenvalue weighted by Gasteiger charge is 2.33. The Morgan fingerprint density at radius 1 is 1.25 bits per heavy atom. The Balaban J connectivity index is 2.51. The summed E-state index contributed by atoms with van der Waals surface area (Å²) in [4.78, 5) is 13.1. The molecule has 152 valence electrons. The van der Waals surface area contributed by atoms with Crippen molar-refractivity contribution in [1.82, 2.24) is 0 Å². The maximum atomic E-state index is 13.1. The molecule has 8 heteroatoms. The van der Waals surface area contributed by atoms with Gasteiger partial charge in [0, 0.05) is 10.7 Å². The van der Waals surface area contributed by atoms with Crippen molar-refractivity contribution in [2.45, 2.75) is 33.2 Å². The predicted octanol–water partition coefficient (Wildman–Crippen LogP) is 4.15. The zero-order chi connectivity index (χ0) is 21.1. The summed E-state index contributed by atoms with van der Waals surface area (Å²) < 4.78 is 31.6. The van der Waals surface area contributed by atoms with Gasteiger partial charge in [-0.2, -0.15) is 0 Å². The van der Waals surface area contributed by atoms with Crippen LogP contribution in [0.1, 0.15) is 24.5 Å². The van der Waals surface area contributed by atoms with E-state index in [0.29, 0.717) is 16.5 Å². The summed E-state index contributed by atoms with van der Waals surface area (Å²) in [6, 6.07) is 9.26. The quantitative estimate of drug-likeness (QED) is 0.724. The fourth-order valence-electron chi connectivity index (χ4n) is 2.97. The van der Waals surface area contributed by atoms with Crippen molar-refractivity contribution in [3.05, 3.63) is 52.5 Å². The molecule has 0 bridgehead atoms. The first-order chi connectivity index (χ1) is 13.1. The molecule has 0 aliphatic rings. The topological polar surface area (TPSA) is 75.7 Å². The second-order valence-electron chi connectivity index (χ2n) is 6.54. The Labute approximate surface area is 171 Å². The molecule has 0 unspecified atom stereocenters. The van der Waals surface area contributed by atoms with Gasteiger partial charge >= 0.3 is 0 Å². The van der Waals surface area contributed by atoms with E-state index in [-0.39, 0.29) is 12.1 Å². The van der Waals surface area contributed by atoms with Gasteiger partial charge < -0.3 is 10.1 Å². The summed E-state index contributed by atoms with van der Waals surface area (Å²) in [5.41, 5.74) is 2.83. The zero-order valence-electron chi connectivity index (χ0n) is 16.6. The van der Waals surface area contributed by atoms with E-state index in [1.807, 2.05) is 26.0 Å². The van der Waals surface area contributed by atoms with Crippen LogP contribution < -0.4 is 14.4 Å². The maximum absolute atomic E-state index is 13.1. The Bertz CT molecular complexity index is 976. The lowest BCUT2D eigenvalue weighted by Gasteiger charge is -2.31. The van der Waals surface area contributed by atoms with Crippen LogP contribution in [0, 0.1) is 13.8 Å². The van der Waals surface area contributed by atoms with Gasteiger partial charge in [0.1, 0.15) is 11.8 Å². The average molecular weight is 425 g/mol. The summed E-state index contributed by atoms with van der Waals surface area (Å²) in [7, 11) is -2.37. The van der Waals surface area contributed by atoms with Gasteiger partial charge in [-0.25, -0.2) is 8.42 Å². The normalized spacial score (nSPS) is 12.4. The highest BCUT2D eigenvalue weighted by molar-refractivity contribution is 7.92. The molecule has 1 amide bonds. The molecule has 28 heavy (non-hydrogen) atoms. The number of amides is 1. The first-order valence-corrected chi connectivity index (χ1v) is 11.0. The Hall–Kier alpha value is -2.25. The number of nitrogens with zero attached hydrogens (tertiary/aromatic N) is 1. The van der Waals surface area contributed by atoms with Crippen molar-refractivity contribution >= 4 is 38.9 Å². The number of methoxy groups -OCH3 is 1. The van der Waals surface area contributed by atoms with E-state index < -0.39 is 22.0 Å². The molecule has 2 rings (SSSR count). The van der Waals surface area contributed by atoms with Gasteiger partial charge in [-0.15, -0.1) is 0 Å². The Morgan fingerprint density at radius 3 is 2.50 bits per heavy atom. The number of ether oxygens (including phenoxy) is 1. The molecule has 0 aliphatic carbocycles. The summed E-state index contributed by atoms with van der Waals surface area (Å²) >= 11 is 6.09. The van der Waals surface area contributed by atoms with Crippen LogP contribution in [-0.2, 0) is 14.8 Å². The van der Waals surface area contributed by atoms with E-state index in [0.717, 1.165) is 21.7 Å². The molecule has 0 spiro atoms. The molecule has 0 saturated heterocycles. The highest BCUT2D eigenvalue weighted by atomic mass is 35.5. The van der Waals surface area contributed by atoms with E-state index in [4.69, 9.17) is 16.3 Å². The number of rotatable bonds is 7. The number of hydrogen-bond donors (Lipinski definition) is 1. The number of nitrogens with one attached hydrogen (secondary N) is 1. The first-order valence-electron chi connectivity index (χ1n) is 8.80. The van der Waals surface area contributed by atoms with E-state index in [9.17, 15) is 13.2 Å². The number of halogens is 1. The van der Waals surface area contributed by atoms with Gasteiger partial charge in [0.05, 0.1) is 19.1 Å². The summed E-state index contributed by atoms with van der Waals surface area (Å²) in [6.45, 7) is 5.60. The van der Waals surface area contributed by atoms with Gasteiger partial charge in [-0.3, -0.25) is 9.10 Å². The summed E-state index contributed by atoms with van der Waals surface area (Å²) in [5, 5.41) is 3.20. The molecule has 0 radical (unpaired) electrons. The van der Waals surface area contributed by atoms with E-state index in [1.54, 1.807) is 25.1 Å². The summed E-state index contributed by atoms with van der Waals surface area (Å²) in [5.74, 6) is -0.114. The Morgan fingerprint density at radius 2 is 1.93 bits per heavy atom. The molecule has 0 aliphatic heterocycles. The fourth-order valence-corrected chi connectivity index (χ4v) is 4.35. The smallest absolute Gasteiger partial charge is 0.248 e. The monoisotopic (exact) mass is 424 g/mol. The largest absolute Gasteiger partial charge is 0.495 e. The number of carbonyl (C=O) groups excluding carboxylic acids is 1. The lowest BCUT2D eigenvalue weighted by molar-refractivity contribution is -0.117. The van der Waals surface area contributed by atoms with Gasteiger partial charge in [0.15, 0.2) is 0 Å². The number of hydrogen-bond acceptors (Lipinski definition) is 4. The minimum atomic E-state index is -3.80. The zero-order valence-corrected chi connectivity index (χ0v) is 18.2. The number of benzene rings is 2. The second-order valence-corrected chi connectivity index (χ2v) is 8.83. The Kier molecular flexibility index (Phi) is 6.96. The maximum Gasteiger partial charge on any atom is 0.248 e. The number of aryl methyl sites for hydroxylation is 1. The van der Waals surface area contributed by atoms with Crippen molar-refractivity contribution < 1.29 is 17.9 Å². The van der Waals surface area contributed by atoms with Crippen molar-refractivity contribution in [2.75, 3.05) is 23.0 Å². The van der Waals surface area contributed by atoms with Crippen LogP contribution in [0.2, 0.25) is 5.02 Å². The molecule has 0 heterocycles. The summed E-state index contributed by atoms with van der Waals surface area (Å²) in [6.07, 6.45) is 1.32. The molecule has 0 saturated carbocycles. The SMILES string of the molecule is CC[C@H](C(=O)Nc1cccc(C)c1C)N(c1cc(Cl)ccc1OC)S(C)(=O)=O. The molecule has 0 fully saturated rings. The lowest BCUT2D eigenvalue weighted by atomic mass is 10.1. The third kappa shape index (κ3) is 4.77. The average Bonchev–Trinajstić information content (AvgIpc) is 2.62.